The van der Waals surface area contributed by atoms with E-state index in [4.69, 9.17) is 9.47 Å². The fraction of sp³-hybridized carbons (Fsp3) is 0.263. The van der Waals surface area contributed by atoms with Gasteiger partial charge in [-0.05, 0) is 52.9 Å². The van der Waals surface area contributed by atoms with Crippen LogP contribution in [0.5, 0.6) is 5.75 Å². The van der Waals surface area contributed by atoms with Crippen molar-refractivity contribution in [3.05, 3.63) is 57.2 Å². The Bertz CT molecular complexity index is 804. The van der Waals surface area contributed by atoms with Crippen molar-refractivity contribution in [1.82, 2.24) is 5.43 Å². The van der Waals surface area contributed by atoms with E-state index in [-0.39, 0.29) is 5.91 Å². The molecule has 0 saturated carbocycles. The second-order valence-corrected chi connectivity index (χ2v) is 6.98. The van der Waals surface area contributed by atoms with E-state index in [1.54, 1.807) is 19.4 Å². The van der Waals surface area contributed by atoms with Gasteiger partial charge in [-0.15, -0.1) is 0 Å². The molecule has 1 fully saturated rings. The molecule has 1 aliphatic heterocycles. The van der Waals surface area contributed by atoms with Gasteiger partial charge >= 0.3 is 0 Å². The highest BCUT2D eigenvalue weighted by Gasteiger charge is 2.13. The fourth-order valence-electron chi connectivity index (χ4n) is 2.68. The average molecular weight is 465 g/mol. The largest absolute Gasteiger partial charge is 0.496 e. The minimum Gasteiger partial charge on any atom is -0.496 e. The van der Waals surface area contributed by atoms with Crippen LogP contribution in [0, 0.1) is 3.57 Å². The highest BCUT2D eigenvalue weighted by molar-refractivity contribution is 14.1. The van der Waals surface area contributed by atoms with Crippen molar-refractivity contribution in [2.75, 3.05) is 38.3 Å². The van der Waals surface area contributed by atoms with Crippen LogP contribution in [0.2, 0.25) is 0 Å². The summed E-state index contributed by atoms with van der Waals surface area (Å²) in [6, 6.07) is 13.3. The number of methoxy groups -OCH3 is 1. The topological polar surface area (TPSA) is 63.2 Å². The summed E-state index contributed by atoms with van der Waals surface area (Å²) in [5, 5.41) is 4.06. The lowest BCUT2D eigenvalue weighted by Crippen LogP contribution is -2.36. The van der Waals surface area contributed by atoms with Crippen LogP contribution in [0.4, 0.5) is 5.69 Å². The first-order valence-electron chi connectivity index (χ1n) is 8.27. The monoisotopic (exact) mass is 465 g/mol. The van der Waals surface area contributed by atoms with Gasteiger partial charge in [-0.1, -0.05) is 6.07 Å². The Morgan fingerprint density at radius 3 is 2.81 bits per heavy atom. The highest BCUT2D eigenvalue weighted by Crippen LogP contribution is 2.25. The van der Waals surface area contributed by atoms with Crippen molar-refractivity contribution in [3.63, 3.8) is 0 Å². The van der Waals surface area contributed by atoms with Gasteiger partial charge < -0.3 is 14.4 Å². The molecule has 1 N–H and O–H groups in total. The van der Waals surface area contributed by atoms with Gasteiger partial charge in [-0.2, -0.15) is 5.10 Å². The molecule has 6 nitrogen and oxygen atoms in total. The lowest BCUT2D eigenvalue weighted by atomic mass is 10.1. The van der Waals surface area contributed by atoms with E-state index in [0.29, 0.717) is 11.3 Å². The van der Waals surface area contributed by atoms with Crippen LogP contribution in [0.1, 0.15) is 15.9 Å². The second-order valence-electron chi connectivity index (χ2n) is 5.74. The molecule has 0 radical (unpaired) electrons. The second kappa shape index (κ2) is 9.00. The molecule has 2 aromatic rings. The summed E-state index contributed by atoms with van der Waals surface area (Å²) in [6.07, 6.45) is 1.59. The number of hydrazone groups is 1. The number of anilines is 1. The molecular formula is C19H20IN3O3. The SMILES string of the molecule is COc1cc(N2CCOCC2)ccc1/C=N\NC(=O)c1cccc(I)c1. The summed E-state index contributed by atoms with van der Waals surface area (Å²) in [7, 11) is 1.63. The average Bonchev–Trinajstić information content (AvgIpc) is 2.68. The maximum Gasteiger partial charge on any atom is 0.271 e. The maximum absolute atomic E-state index is 12.1. The molecule has 0 aromatic heterocycles. The molecule has 0 unspecified atom stereocenters. The number of carbonyl (C=O) groups is 1. The summed E-state index contributed by atoms with van der Waals surface area (Å²) in [5.74, 6) is 0.463. The molecule has 26 heavy (non-hydrogen) atoms. The molecule has 1 heterocycles. The van der Waals surface area contributed by atoms with Gasteiger partial charge in [0, 0.05) is 39.5 Å². The first-order chi connectivity index (χ1) is 12.7. The lowest BCUT2D eigenvalue weighted by molar-refractivity contribution is 0.0955. The van der Waals surface area contributed by atoms with Gasteiger partial charge in [0.1, 0.15) is 5.75 Å². The summed E-state index contributed by atoms with van der Waals surface area (Å²) >= 11 is 2.17. The quantitative estimate of drug-likeness (QED) is 0.419. The summed E-state index contributed by atoms with van der Waals surface area (Å²) in [6.45, 7) is 3.19. The predicted molar refractivity (Wildman–Crippen MR) is 110 cm³/mol. The minimum atomic E-state index is -0.247. The summed E-state index contributed by atoms with van der Waals surface area (Å²) < 4.78 is 11.9. The number of nitrogens with one attached hydrogen (secondary N) is 1. The fourth-order valence-corrected chi connectivity index (χ4v) is 3.22. The Hall–Kier alpha value is -2.13. The number of amides is 1. The first kappa shape index (κ1) is 18.7. The van der Waals surface area contributed by atoms with Crippen LogP contribution < -0.4 is 15.1 Å². The normalized spacial score (nSPS) is 14.5. The van der Waals surface area contributed by atoms with E-state index in [0.717, 1.165) is 41.1 Å². The molecule has 3 rings (SSSR count). The molecule has 0 spiro atoms. The smallest absolute Gasteiger partial charge is 0.271 e. The third-order valence-electron chi connectivity index (χ3n) is 4.05. The number of hydrogen-bond acceptors (Lipinski definition) is 5. The number of nitrogens with zero attached hydrogens (tertiary/aromatic N) is 2. The summed E-state index contributed by atoms with van der Waals surface area (Å²) in [5.41, 5.74) is 5.01. The number of ether oxygens (including phenoxy) is 2. The number of morpholine rings is 1. The van der Waals surface area contributed by atoms with Crippen molar-refractivity contribution in [1.29, 1.82) is 0 Å². The number of hydrogen-bond donors (Lipinski definition) is 1. The van der Waals surface area contributed by atoms with E-state index < -0.39 is 0 Å². The van der Waals surface area contributed by atoms with E-state index in [1.807, 2.05) is 36.4 Å². The number of rotatable bonds is 5. The minimum absolute atomic E-state index is 0.247. The van der Waals surface area contributed by atoms with Gasteiger partial charge in [0.2, 0.25) is 0 Å². The third-order valence-corrected chi connectivity index (χ3v) is 4.72. The van der Waals surface area contributed by atoms with Crippen LogP contribution in [-0.4, -0.2) is 45.5 Å². The zero-order chi connectivity index (χ0) is 18.4. The lowest BCUT2D eigenvalue weighted by Gasteiger charge is -2.29. The number of carbonyl (C=O) groups excluding carboxylic acids is 1. The maximum atomic E-state index is 12.1. The van der Waals surface area contributed by atoms with Crippen LogP contribution in [0.15, 0.2) is 47.6 Å². The Morgan fingerprint density at radius 1 is 1.27 bits per heavy atom. The van der Waals surface area contributed by atoms with Gasteiger partial charge in [-0.25, -0.2) is 5.43 Å². The molecular weight excluding hydrogens is 445 g/mol. The van der Waals surface area contributed by atoms with Crippen molar-refractivity contribution < 1.29 is 14.3 Å². The van der Waals surface area contributed by atoms with E-state index in [9.17, 15) is 4.79 Å². The first-order valence-corrected chi connectivity index (χ1v) is 9.35. The summed E-state index contributed by atoms with van der Waals surface area (Å²) in [4.78, 5) is 14.4. The van der Waals surface area contributed by atoms with E-state index >= 15 is 0 Å². The molecule has 1 saturated heterocycles. The van der Waals surface area contributed by atoms with Crippen LogP contribution in [-0.2, 0) is 4.74 Å². The Kier molecular flexibility index (Phi) is 6.45. The molecule has 7 heteroatoms. The molecule has 2 aromatic carbocycles. The molecule has 0 aliphatic carbocycles. The van der Waals surface area contributed by atoms with Gasteiger partial charge in [-0.3, -0.25) is 4.79 Å². The molecule has 0 bridgehead atoms. The van der Waals surface area contributed by atoms with Crippen LogP contribution in [0.3, 0.4) is 0 Å². The van der Waals surface area contributed by atoms with Crippen LogP contribution in [0.25, 0.3) is 0 Å². The van der Waals surface area contributed by atoms with Gasteiger partial charge in [0.25, 0.3) is 5.91 Å². The number of halogens is 1. The Labute approximate surface area is 166 Å². The van der Waals surface area contributed by atoms with E-state index in [2.05, 4.69) is 38.0 Å². The van der Waals surface area contributed by atoms with Crippen molar-refractivity contribution in [2.45, 2.75) is 0 Å². The van der Waals surface area contributed by atoms with Gasteiger partial charge in [0.15, 0.2) is 0 Å². The van der Waals surface area contributed by atoms with Crippen molar-refractivity contribution >= 4 is 40.4 Å². The zero-order valence-corrected chi connectivity index (χ0v) is 16.6. The Morgan fingerprint density at radius 2 is 2.08 bits per heavy atom. The Balaban J connectivity index is 1.68. The van der Waals surface area contributed by atoms with Gasteiger partial charge in [0.05, 0.1) is 26.5 Å². The molecule has 136 valence electrons. The van der Waals surface area contributed by atoms with Crippen LogP contribution >= 0.6 is 22.6 Å². The molecule has 1 amide bonds. The standard InChI is InChI=1S/C19H20IN3O3/c1-25-18-12-17(23-7-9-26-10-8-23)6-5-15(18)13-21-22-19(24)14-3-2-4-16(20)11-14/h2-6,11-13H,7-10H2,1H3,(H,22,24)/b21-13-. The molecule has 0 atom stereocenters. The van der Waals surface area contributed by atoms with E-state index in [1.165, 1.54) is 0 Å². The predicted octanol–water partition coefficient (Wildman–Crippen LogP) is 2.90. The highest BCUT2D eigenvalue weighted by atomic mass is 127. The van der Waals surface area contributed by atoms with Crippen molar-refractivity contribution in [3.8, 4) is 5.75 Å². The molecule has 1 aliphatic rings. The number of benzene rings is 2. The van der Waals surface area contributed by atoms with Crippen molar-refractivity contribution in [2.24, 2.45) is 5.10 Å². The zero-order valence-electron chi connectivity index (χ0n) is 14.4. The third kappa shape index (κ3) is 4.73.